The molecule has 0 atom stereocenters. The van der Waals surface area contributed by atoms with Crippen LogP contribution in [0.5, 0.6) is 0 Å². The molecule has 0 aliphatic carbocycles. The van der Waals surface area contributed by atoms with Crippen LogP contribution in [0.2, 0.25) is 0 Å². The number of hydrogen-bond acceptors (Lipinski definition) is 4. The summed E-state index contributed by atoms with van der Waals surface area (Å²) in [6, 6.07) is 0. The van der Waals surface area contributed by atoms with Crippen LogP contribution in [-0.2, 0) is 14.4 Å². The van der Waals surface area contributed by atoms with E-state index in [4.69, 9.17) is 10.2 Å². The van der Waals surface area contributed by atoms with Gasteiger partial charge in [0.2, 0.25) is 0 Å². The quantitative estimate of drug-likeness (QED) is 0.0724. The van der Waals surface area contributed by atoms with E-state index in [0.717, 1.165) is 62.8 Å². The highest BCUT2D eigenvalue weighted by Gasteiger charge is 2.25. The molecule has 0 aromatic carbocycles. The fraction of sp³-hybridized carbons (Fsp3) is 0.833. The van der Waals surface area contributed by atoms with E-state index >= 15 is 0 Å². The molecule has 0 bridgehead atoms. The number of aliphatic carboxylic acids is 3. The lowest BCUT2D eigenvalue weighted by Crippen LogP contribution is -2.50. The van der Waals surface area contributed by atoms with Crippen LogP contribution in [0.1, 0.15) is 135 Å². The Morgan fingerprint density at radius 3 is 1.46 bits per heavy atom. The van der Waals surface area contributed by atoms with Gasteiger partial charge in [0, 0.05) is 25.2 Å². The van der Waals surface area contributed by atoms with Gasteiger partial charge < -0.3 is 24.6 Å². The molecule has 0 amide bonds. The molecule has 216 valence electrons. The van der Waals surface area contributed by atoms with Crippen LogP contribution in [0.15, 0.2) is 12.2 Å². The molecule has 0 unspecified atom stereocenters. The average molecular weight is 526 g/mol. The molecule has 0 aliphatic heterocycles. The molecule has 0 saturated carbocycles. The zero-order valence-corrected chi connectivity index (χ0v) is 23.6. The fourth-order valence-corrected chi connectivity index (χ4v) is 4.99. The number of quaternary nitrogens is 1. The van der Waals surface area contributed by atoms with Crippen molar-refractivity contribution >= 4 is 17.9 Å². The van der Waals surface area contributed by atoms with Gasteiger partial charge in [-0.1, -0.05) is 70.4 Å². The Hall–Kier alpha value is -1.89. The van der Waals surface area contributed by atoms with E-state index in [9.17, 15) is 19.5 Å². The minimum Gasteiger partial charge on any atom is -0.550 e. The maximum absolute atomic E-state index is 11.0. The second-order valence-electron chi connectivity index (χ2n) is 10.6. The number of rotatable bonds is 28. The Morgan fingerprint density at radius 1 is 0.568 bits per heavy atom. The number of carbonyl (C=O) groups is 3. The molecule has 7 nitrogen and oxygen atoms in total. The summed E-state index contributed by atoms with van der Waals surface area (Å²) in [6.07, 6.45) is 23.0. The smallest absolute Gasteiger partial charge is 0.303 e. The average Bonchev–Trinajstić information content (AvgIpc) is 2.84. The second kappa shape index (κ2) is 24.4. The molecule has 0 aliphatic rings. The summed E-state index contributed by atoms with van der Waals surface area (Å²) in [5, 5.41) is 28.8. The normalized spacial score (nSPS) is 11.8. The maximum atomic E-state index is 11.0. The Bertz CT molecular complexity index is 564. The Balaban J connectivity index is 4.68. The third-order valence-corrected chi connectivity index (χ3v) is 7.22. The van der Waals surface area contributed by atoms with Crippen molar-refractivity contribution in [3.63, 3.8) is 0 Å². The highest BCUT2D eigenvalue weighted by Crippen LogP contribution is 2.18. The van der Waals surface area contributed by atoms with Crippen LogP contribution in [0.3, 0.4) is 0 Å². The van der Waals surface area contributed by atoms with E-state index in [0.29, 0.717) is 19.3 Å². The highest BCUT2D eigenvalue weighted by molar-refractivity contribution is 5.66. The first-order chi connectivity index (χ1) is 17.8. The predicted octanol–water partition coefficient (Wildman–Crippen LogP) is 6.10. The second-order valence-corrected chi connectivity index (χ2v) is 10.6. The summed E-state index contributed by atoms with van der Waals surface area (Å²) in [7, 11) is 0. The SMILES string of the molecule is CCCCCCCCCCC/C=C/CC[N+](CCCCC(=O)[O-])(CCCCC(=O)O)CCCCC(=O)O. The van der Waals surface area contributed by atoms with Crippen LogP contribution >= 0.6 is 0 Å². The lowest BCUT2D eigenvalue weighted by molar-refractivity contribution is -0.928. The predicted molar refractivity (Wildman–Crippen MR) is 147 cm³/mol. The minimum atomic E-state index is -1.03. The summed E-state index contributed by atoms with van der Waals surface area (Å²) in [6.45, 7) is 5.69. The number of carbonyl (C=O) groups excluding carboxylic acids is 1. The van der Waals surface area contributed by atoms with Gasteiger partial charge in [0.05, 0.1) is 26.2 Å². The number of hydrogen-bond donors (Lipinski definition) is 2. The van der Waals surface area contributed by atoms with Crippen LogP contribution in [-0.4, -0.2) is 58.8 Å². The van der Waals surface area contributed by atoms with Gasteiger partial charge in [-0.15, -0.1) is 0 Å². The third-order valence-electron chi connectivity index (χ3n) is 7.22. The number of carboxylic acid groups (broad SMARTS) is 3. The van der Waals surface area contributed by atoms with Crippen molar-refractivity contribution < 1.29 is 34.2 Å². The van der Waals surface area contributed by atoms with Gasteiger partial charge in [-0.05, 0) is 57.8 Å². The largest absolute Gasteiger partial charge is 0.550 e. The topological polar surface area (TPSA) is 115 Å². The first kappa shape index (κ1) is 35.1. The van der Waals surface area contributed by atoms with E-state index in [1.165, 1.54) is 57.8 Å². The Morgan fingerprint density at radius 2 is 1.00 bits per heavy atom. The minimum absolute atomic E-state index is 0.0523. The molecule has 0 aromatic heterocycles. The van der Waals surface area contributed by atoms with E-state index in [2.05, 4.69) is 19.1 Å². The monoisotopic (exact) mass is 525 g/mol. The fourth-order valence-electron chi connectivity index (χ4n) is 4.99. The van der Waals surface area contributed by atoms with E-state index in [1.54, 1.807) is 0 Å². The van der Waals surface area contributed by atoms with E-state index in [-0.39, 0.29) is 19.3 Å². The molecular weight excluding hydrogens is 470 g/mol. The van der Waals surface area contributed by atoms with Crippen LogP contribution in [0.4, 0.5) is 0 Å². The molecule has 0 aromatic rings. The lowest BCUT2D eigenvalue weighted by atomic mass is 10.1. The standard InChI is InChI=1S/C30H55NO6/c1-2-3-4-5-6-7-8-9-10-11-12-13-17-24-31(25-18-14-21-28(32)33,26-19-15-22-29(34)35)27-20-16-23-30(36)37/h12-13H,2-11,14-27H2,1H3,(H2-,32,33,34,35,36,37)/b13-12+. The van der Waals surface area contributed by atoms with Gasteiger partial charge >= 0.3 is 11.9 Å². The summed E-state index contributed by atoms with van der Waals surface area (Å²) in [5.74, 6) is -2.60. The van der Waals surface area contributed by atoms with Crippen molar-refractivity contribution in [2.45, 2.75) is 135 Å². The van der Waals surface area contributed by atoms with Crippen molar-refractivity contribution in [2.75, 3.05) is 26.2 Å². The van der Waals surface area contributed by atoms with Gasteiger partial charge in [0.1, 0.15) is 0 Å². The van der Waals surface area contributed by atoms with Crippen LogP contribution in [0.25, 0.3) is 0 Å². The summed E-state index contributed by atoms with van der Waals surface area (Å²) < 4.78 is 0.800. The van der Waals surface area contributed by atoms with Crippen LogP contribution in [0, 0.1) is 0 Å². The summed E-state index contributed by atoms with van der Waals surface area (Å²) in [4.78, 5) is 32.7. The van der Waals surface area contributed by atoms with Gasteiger partial charge in [0.25, 0.3) is 0 Å². The molecule has 7 heteroatoms. The molecule has 0 rings (SSSR count). The first-order valence-electron chi connectivity index (χ1n) is 14.9. The van der Waals surface area contributed by atoms with Gasteiger partial charge in [-0.3, -0.25) is 9.59 Å². The van der Waals surface area contributed by atoms with Crippen LogP contribution < -0.4 is 5.11 Å². The zero-order valence-electron chi connectivity index (χ0n) is 23.6. The van der Waals surface area contributed by atoms with Crippen molar-refractivity contribution in [1.82, 2.24) is 0 Å². The molecule has 0 heterocycles. The van der Waals surface area contributed by atoms with E-state index < -0.39 is 17.9 Å². The maximum Gasteiger partial charge on any atom is 0.303 e. The summed E-state index contributed by atoms with van der Waals surface area (Å²) in [5.41, 5.74) is 0. The molecular formula is C30H55NO6. The van der Waals surface area contributed by atoms with Crippen molar-refractivity contribution in [3.8, 4) is 0 Å². The number of allylic oxidation sites excluding steroid dienone is 1. The molecule has 2 N–H and O–H groups in total. The van der Waals surface area contributed by atoms with Gasteiger partial charge in [0.15, 0.2) is 0 Å². The van der Waals surface area contributed by atoms with Crippen molar-refractivity contribution in [3.05, 3.63) is 12.2 Å². The Kier molecular flexibility index (Phi) is 23.2. The third kappa shape index (κ3) is 24.2. The molecule has 0 spiro atoms. The zero-order chi connectivity index (χ0) is 27.6. The molecule has 0 fully saturated rings. The van der Waals surface area contributed by atoms with E-state index in [1.807, 2.05) is 0 Å². The molecule has 37 heavy (non-hydrogen) atoms. The van der Waals surface area contributed by atoms with Gasteiger partial charge in [-0.2, -0.15) is 0 Å². The van der Waals surface area contributed by atoms with Crippen molar-refractivity contribution in [1.29, 1.82) is 0 Å². The van der Waals surface area contributed by atoms with Crippen molar-refractivity contribution in [2.24, 2.45) is 0 Å². The molecule has 0 radical (unpaired) electrons. The number of unbranched alkanes of at least 4 members (excludes halogenated alkanes) is 12. The molecule has 0 saturated heterocycles. The number of nitrogens with zero attached hydrogens (tertiary/aromatic N) is 1. The van der Waals surface area contributed by atoms with Gasteiger partial charge in [-0.25, -0.2) is 0 Å². The number of carboxylic acids is 3. The first-order valence-corrected chi connectivity index (χ1v) is 14.9. The highest BCUT2D eigenvalue weighted by atomic mass is 16.4. The lowest BCUT2D eigenvalue weighted by Gasteiger charge is -2.39. The Labute approximate surface area is 225 Å². The summed E-state index contributed by atoms with van der Waals surface area (Å²) >= 11 is 0.